The topological polar surface area (TPSA) is 83.6 Å². The summed E-state index contributed by atoms with van der Waals surface area (Å²) in [5.74, 6) is 2.71. The van der Waals surface area contributed by atoms with E-state index < -0.39 is 0 Å². The van der Waals surface area contributed by atoms with Gasteiger partial charge in [0.2, 0.25) is 11.8 Å². The Kier molecular flexibility index (Phi) is 6.26. The average molecular weight is 448 g/mol. The number of hydrogen-bond donors (Lipinski definition) is 1. The van der Waals surface area contributed by atoms with Crippen LogP contribution < -0.4 is 9.47 Å². The molecule has 4 heterocycles. The summed E-state index contributed by atoms with van der Waals surface area (Å²) in [5, 5.41) is 6.90. The van der Waals surface area contributed by atoms with Crippen LogP contribution in [-0.2, 0) is 4.79 Å². The fourth-order valence-electron chi connectivity index (χ4n) is 4.54. The number of carbonyl (C=O) groups is 1. The molecule has 0 saturated carbocycles. The Hall–Kier alpha value is -3.39. The molecule has 1 amide bonds. The van der Waals surface area contributed by atoms with Crippen LogP contribution in [-0.4, -0.2) is 70.2 Å². The maximum absolute atomic E-state index is 11.6. The Bertz CT molecular complexity index is 1080. The fraction of sp³-hybridized carbons (Fsp3) is 0.400. The number of nitrogens with one attached hydrogen (secondary N) is 1. The number of benzene rings is 1. The SMILES string of the molecule is CC(=O)N1CCCN(CCC2COc3cc(Oc4ccc(-c5ccn[nH]5)cn4)ccc32)CC1. The van der Waals surface area contributed by atoms with E-state index in [0.29, 0.717) is 24.2 Å². The highest BCUT2D eigenvalue weighted by Gasteiger charge is 2.26. The third-order valence-electron chi connectivity index (χ3n) is 6.46. The Balaban J connectivity index is 1.17. The van der Waals surface area contributed by atoms with Crippen LogP contribution in [0.15, 0.2) is 48.8 Å². The summed E-state index contributed by atoms with van der Waals surface area (Å²) >= 11 is 0. The van der Waals surface area contributed by atoms with Gasteiger partial charge in [0.25, 0.3) is 0 Å². The quantitative estimate of drug-likeness (QED) is 0.621. The molecule has 0 bridgehead atoms. The monoisotopic (exact) mass is 447 g/mol. The third kappa shape index (κ3) is 5.01. The first-order chi connectivity index (χ1) is 16.2. The molecule has 2 aliphatic rings. The molecule has 172 valence electrons. The summed E-state index contributed by atoms with van der Waals surface area (Å²) in [6, 6.07) is 11.8. The van der Waals surface area contributed by atoms with Crippen molar-refractivity contribution >= 4 is 5.91 Å². The lowest BCUT2D eigenvalue weighted by Crippen LogP contribution is -2.34. The maximum atomic E-state index is 11.6. The molecule has 1 aromatic carbocycles. The molecule has 1 saturated heterocycles. The molecule has 8 nitrogen and oxygen atoms in total. The van der Waals surface area contributed by atoms with E-state index in [0.717, 1.165) is 62.6 Å². The predicted molar refractivity (Wildman–Crippen MR) is 124 cm³/mol. The van der Waals surface area contributed by atoms with Gasteiger partial charge >= 0.3 is 0 Å². The first-order valence-electron chi connectivity index (χ1n) is 11.5. The highest BCUT2D eigenvalue weighted by molar-refractivity contribution is 5.73. The van der Waals surface area contributed by atoms with E-state index in [-0.39, 0.29) is 5.91 Å². The van der Waals surface area contributed by atoms with E-state index >= 15 is 0 Å². The van der Waals surface area contributed by atoms with E-state index in [9.17, 15) is 4.79 Å². The summed E-state index contributed by atoms with van der Waals surface area (Å²) in [6.07, 6.45) is 5.56. The van der Waals surface area contributed by atoms with Crippen molar-refractivity contribution in [3.8, 4) is 28.6 Å². The Morgan fingerprint density at radius 3 is 2.91 bits per heavy atom. The van der Waals surface area contributed by atoms with Crippen LogP contribution in [0.5, 0.6) is 17.4 Å². The van der Waals surface area contributed by atoms with Gasteiger partial charge in [-0.1, -0.05) is 6.07 Å². The number of fused-ring (bicyclic) bond motifs is 1. The molecule has 1 fully saturated rings. The lowest BCUT2D eigenvalue weighted by Gasteiger charge is -2.22. The zero-order valence-electron chi connectivity index (χ0n) is 18.9. The van der Waals surface area contributed by atoms with Gasteiger partial charge in [0, 0.05) is 68.1 Å². The Morgan fingerprint density at radius 2 is 2.12 bits per heavy atom. The van der Waals surface area contributed by atoms with Gasteiger partial charge in [0.05, 0.1) is 12.3 Å². The van der Waals surface area contributed by atoms with Gasteiger partial charge in [-0.2, -0.15) is 5.10 Å². The molecule has 0 radical (unpaired) electrons. The van der Waals surface area contributed by atoms with Crippen molar-refractivity contribution in [2.75, 3.05) is 39.3 Å². The first-order valence-corrected chi connectivity index (χ1v) is 11.5. The number of pyridine rings is 1. The van der Waals surface area contributed by atoms with E-state index in [4.69, 9.17) is 9.47 Å². The maximum Gasteiger partial charge on any atom is 0.219 e. The normalized spacial score (nSPS) is 18.5. The van der Waals surface area contributed by atoms with E-state index in [2.05, 4.69) is 26.1 Å². The van der Waals surface area contributed by atoms with E-state index in [1.165, 1.54) is 5.56 Å². The van der Waals surface area contributed by atoms with Crippen molar-refractivity contribution in [2.45, 2.75) is 25.7 Å². The molecule has 33 heavy (non-hydrogen) atoms. The van der Waals surface area contributed by atoms with Crippen molar-refractivity contribution in [3.05, 3.63) is 54.4 Å². The highest BCUT2D eigenvalue weighted by Crippen LogP contribution is 2.39. The zero-order valence-corrected chi connectivity index (χ0v) is 18.9. The summed E-state index contributed by atoms with van der Waals surface area (Å²) in [6.45, 7) is 7.05. The summed E-state index contributed by atoms with van der Waals surface area (Å²) < 4.78 is 11.9. The van der Waals surface area contributed by atoms with Crippen LogP contribution in [0, 0.1) is 0 Å². The minimum atomic E-state index is 0.178. The van der Waals surface area contributed by atoms with Gasteiger partial charge in [-0.25, -0.2) is 4.98 Å². The zero-order chi connectivity index (χ0) is 22.6. The molecular formula is C25H29N5O3. The lowest BCUT2D eigenvalue weighted by atomic mass is 9.97. The number of carbonyl (C=O) groups excluding carboxylic acids is 1. The van der Waals surface area contributed by atoms with Gasteiger partial charge in [-0.05, 0) is 44.1 Å². The third-order valence-corrected chi connectivity index (χ3v) is 6.46. The van der Waals surface area contributed by atoms with Gasteiger partial charge in [0.15, 0.2) is 0 Å². The van der Waals surface area contributed by atoms with Crippen molar-refractivity contribution in [3.63, 3.8) is 0 Å². The standard InChI is InChI=1S/C25H29N5O3/c1-18(31)30-11-2-10-29(13-14-30)12-8-20-17-32-24-15-21(4-5-22(20)24)33-25-6-3-19(16-26-25)23-7-9-27-28-23/h3-7,9,15-16,20H,2,8,10-14,17H2,1H3,(H,27,28). The van der Waals surface area contributed by atoms with Gasteiger partial charge in [0.1, 0.15) is 11.5 Å². The number of ether oxygens (including phenoxy) is 2. The van der Waals surface area contributed by atoms with E-state index in [1.807, 2.05) is 35.2 Å². The molecule has 1 N–H and O–H groups in total. The Morgan fingerprint density at radius 1 is 1.18 bits per heavy atom. The molecule has 0 aliphatic carbocycles. The molecule has 1 unspecified atom stereocenters. The van der Waals surface area contributed by atoms with Crippen LogP contribution in [0.25, 0.3) is 11.3 Å². The smallest absolute Gasteiger partial charge is 0.219 e. The minimum absolute atomic E-state index is 0.178. The second-order valence-corrected chi connectivity index (χ2v) is 8.65. The van der Waals surface area contributed by atoms with Crippen LogP contribution in [0.2, 0.25) is 0 Å². The van der Waals surface area contributed by atoms with Crippen molar-refractivity contribution < 1.29 is 14.3 Å². The summed E-state index contributed by atoms with van der Waals surface area (Å²) in [7, 11) is 0. The summed E-state index contributed by atoms with van der Waals surface area (Å²) in [5.41, 5.74) is 3.12. The predicted octanol–water partition coefficient (Wildman–Crippen LogP) is 3.68. The largest absolute Gasteiger partial charge is 0.493 e. The van der Waals surface area contributed by atoms with E-state index in [1.54, 1.807) is 19.3 Å². The van der Waals surface area contributed by atoms with Crippen molar-refractivity contribution in [1.29, 1.82) is 0 Å². The number of rotatable bonds is 6. The molecule has 2 aromatic heterocycles. The second kappa shape index (κ2) is 9.62. The molecule has 5 rings (SSSR count). The highest BCUT2D eigenvalue weighted by atomic mass is 16.5. The average Bonchev–Trinajstić information content (AvgIpc) is 3.43. The Labute approximate surface area is 193 Å². The van der Waals surface area contributed by atoms with Crippen LogP contribution in [0.3, 0.4) is 0 Å². The number of aromatic nitrogens is 3. The van der Waals surface area contributed by atoms with Crippen LogP contribution >= 0.6 is 0 Å². The van der Waals surface area contributed by atoms with Crippen LogP contribution in [0.4, 0.5) is 0 Å². The number of nitrogens with zero attached hydrogens (tertiary/aromatic N) is 4. The van der Waals surface area contributed by atoms with Gasteiger partial charge in [-0.15, -0.1) is 0 Å². The van der Waals surface area contributed by atoms with Crippen molar-refractivity contribution in [2.24, 2.45) is 0 Å². The number of aromatic amines is 1. The minimum Gasteiger partial charge on any atom is -0.493 e. The number of hydrogen-bond acceptors (Lipinski definition) is 6. The molecular weight excluding hydrogens is 418 g/mol. The second-order valence-electron chi connectivity index (χ2n) is 8.65. The molecule has 0 spiro atoms. The van der Waals surface area contributed by atoms with Gasteiger partial charge < -0.3 is 19.3 Å². The molecule has 3 aromatic rings. The first kappa shape index (κ1) is 21.5. The lowest BCUT2D eigenvalue weighted by molar-refractivity contribution is -0.128. The molecule has 2 aliphatic heterocycles. The number of H-pyrrole nitrogens is 1. The molecule has 1 atom stereocenters. The number of amides is 1. The van der Waals surface area contributed by atoms with Gasteiger partial charge in [-0.3, -0.25) is 9.89 Å². The van der Waals surface area contributed by atoms with Crippen molar-refractivity contribution in [1.82, 2.24) is 25.0 Å². The summed E-state index contributed by atoms with van der Waals surface area (Å²) in [4.78, 5) is 20.5. The van der Waals surface area contributed by atoms with Crippen LogP contribution in [0.1, 0.15) is 31.2 Å². The molecule has 8 heteroatoms. The fourth-order valence-corrected chi connectivity index (χ4v) is 4.54.